The minimum Gasteiger partial charge on any atom is -0.460 e. The van der Waals surface area contributed by atoms with Crippen molar-refractivity contribution in [1.82, 2.24) is 5.32 Å². The number of hydrogen-bond donors (Lipinski definition) is 2. The van der Waals surface area contributed by atoms with Gasteiger partial charge >= 0.3 is 12.0 Å². The molecule has 0 aliphatic rings. The van der Waals surface area contributed by atoms with Crippen LogP contribution in [0.15, 0.2) is 55.1 Å². The van der Waals surface area contributed by atoms with E-state index in [1.54, 1.807) is 24.3 Å². The van der Waals surface area contributed by atoms with Crippen molar-refractivity contribution in [2.45, 2.75) is 26.3 Å². The first-order valence-electron chi connectivity index (χ1n) is 9.34. The Morgan fingerprint density at radius 3 is 2.34 bits per heavy atom. The number of carbonyl (C=O) groups excluding carboxylic acids is 2. The summed E-state index contributed by atoms with van der Waals surface area (Å²) in [5.74, 6) is -0.434. The van der Waals surface area contributed by atoms with Gasteiger partial charge in [0.1, 0.15) is 6.61 Å². The molecule has 0 heterocycles. The number of benzene rings is 2. The van der Waals surface area contributed by atoms with E-state index in [1.807, 2.05) is 45.0 Å². The summed E-state index contributed by atoms with van der Waals surface area (Å²) in [7, 11) is 1.54. The molecule has 0 bridgehead atoms. The molecule has 0 aliphatic carbocycles. The Morgan fingerprint density at radius 1 is 1.03 bits per heavy atom. The lowest BCUT2D eigenvalue weighted by Crippen LogP contribution is -2.43. The molecule has 2 rings (SSSR count). The molecule has 0 saturated carbocycles. The van der Waals surface area contributed by atoms with Crippen LogP contribution < -0.4 is 10.6 Å². The molecule has 29 heavy (non-hydrogen) atoms. The topological polar surface area (TPSA) is 76.7 Å². The van der Waals surface area contributed by atoms with Crippen LogP contribution in [0, 0.1) is 0 Å². The summed E-state index contributed by atoms with van der Waals surface area (Å²) in [6, 6.07) is 14.1. The molecule has 0 spiro atoms. The van der Waals surface area contributed by atoms with E-state index in [-0.39, 0.29) is 12.6 Å². The summed E-state index contributed by atoms with van der Waals surface area (Å²) >= 11 is 0. The third kappa shape index (κ3) is 6.47. The van der Waals surface area contributed by atoms with Gasteiger partial charge in [0.05, 0.1) is 17.7 Å². The monoisotopic (exact) mass is 396 g/mol. The van der Waals surface area contributed by atoms with E-state index in [2.05, 4.69) is 17.2 Å². The first kappa shape index (κ1) is 22.2. The molecule has 0 saturated heterocycles. The Labute approximate surface area is 171 Å². The van der Waals surface area contributed by atoms with E-state index in [9.17, 15) is 9.59 Å². The number of ether oxygens (including phenoxy) is 2. The molecule has 154 valence electrons. The fourth-order valence-electron chi connectivity index (χ4n) is 2.68. The quantitative estimate of drug-likeness (QED) is 0.506. The van der Waals surface area contributed by atoms with Gasteiger partial charge in [-0.25, -0.2) is 9.59 Å². The van der Waals surface area contributed by atoms with Gasteiger partial charge in [0.25, 0.3) is 0 Å². The molecule has 2 aromatic carbocycles. The SMILES string of the molecule is C=C(C)c1cccc(C(C)(C)NC(=O)Nc2ccc(C(=O)OCCOC)cc2)c1. The molecule has 0 radical (unpaired) electrons. The van der Waals surface area contributed by atoms with Gasteiger partial charge in [-0.3, -0.25) is 0 Å². The van der Waals surface area contributed by atoms with Crippen molar-refractivity contribution < 1.29 is 19.1 Å². The fraction of sp³-hybridized carbons (Fsp3) is 0.304. The Morgan fingerprint density at radius 2 is 1.72 bits per heavy atom. The standard InChI is InChI=1S/C23H28N2O4/c1-16(2)18-7-6-8-19(15-18)23(3,4)25-22(27)24-20-11-9-17(10-12-20)21(26)29-14-13-28-5/h6-12,15H,1,13-14H2,2-5H3,(H2,24,25,27). The van der Waals surface area contributed by atoms with E-state index in [0.717, 1.165) is 16.7 Å². The summed E-state index contributed by atoms with van der Waals surface area (Å²) < 4.78 is 9.91. The fourth-order valence-corrected chi connectivity index (χ4v) is 2.68. The molecule has 0 fully saturated rings. The Balaban J connectivity index is 1.98. The van der Waals surface area contributed by atoms with E-state index >= 15 is 0 Å². The number of nitrogens with one attached hydrogen (secondary N) is 2. The average Bonchev–Trinajstić information content (AvgIpc) is 2.68. The number of anilines is 1. The van der Waals surface area contributed by atoms with Crippen LogP contribution in [-0.2, 0) is 15.0 Å². The average molecular weight is 396 g/mol. The van der Waals surface area contributed by atoms with Gasteiger partial charge in [0, 0.05) is 12.8 Å². The third-order valence-electron chi connectivity index (χ3n) is 4.40. The minimum atomic E-state index is -0.583. The molecule has 0 atom stereocenters. The summed E-state index contributed by atoms with van der Waals surface area (Å²) in [6.07, 6.45) is 0. The highest BCUT2D eigenvalue weighted by Gasteiger charge is 2.23. The summed E-state index contributed by atoms with van der Waals surface area (Å²) in [4.78, 5) is 24.4. The van der Waals surface area contributed by atoms with Crippen molar-refractivity contribution in [1.29, 1.82) is 0 Å². The van der Waals surface area contributed by atoms with Crippen LogP contribution in [0.2, 0.25) is 0 Å². The summed E-state index contributed by atoms with van der Waals surface area (Å²) in [5, 5.41) is 5.76. The van der Waals surface area contributed by atoms with E-state index in [4.69, 9.17) is 9.47 Å². The predicted octanol–water partition coefficient (Wildman–Crippen LogP) is 4.58. The van der Waals surface area contributed by atoms with Crippen LogP contribution in [0.1, 0.15) is 42.3 Å². The molecular weight excluding hydrogens is 368 g/mol. The number of rotatable bonds is 8. The second kappa shape index (κ2) is 9.89. The number of allylic oxidation sites excluding steroid dienone is 1. The maximum atomic E-state index is 12.5. The van der Waals surface area contributed by atoms with Crippen molar-refractivity contribution in [3.8, 4) is 0 Å². The largest absolute Gasteiger partial charge is 0.460 e. The Hall–Kier alpha value is -3.12. The Kier molecular flexibility index (Phi) is 7.56. The second-order valence-corrected chi connectivity index (χ2v) is 7.27. The van der Waals surface area contributed by atoms with Crippen LogP contribution in [0.25, 0.3) is 5.57 Å². The van der Waals surface area contributed by atoms with E-state index < -0.39 is 11.5 Å². The summed E-state index contributed by atoms with van der Waals surface area (Å²) in [6.45, 7) is 10.3. The third-order valence-corrected chi connectivity index (χ3v) is 4.40. The van der Waals surface area contributed by atoms with E-state index in [0.29, 0.717) is 17.9 Å². The lowest BCUT2D eigenvalue weighted by atomic mass is 9.92. The molecule has 0 unspecified atom stereocenters. The molecule has 0 aliphatic heterocycles. The van der Waals surface area contributed by atoms with Gasteiger partial charge in [0.2, 0.25) is 0 Å². The van der Waals surface area contributed by atoms with Crippen molar-refractivity contribution in [2.24, 2.45) is 0 Å². The molecule has 6 heteroatoms. The zero-order valence-electron chi connectivity index (χ0n) is 17.4. The zero-order chi connectivity index (χ0) is 21.4. The van der Waals surface area contributed by atoms with Gasteiger partial charge in [-0.05, 0) is 62.2 Å². The van der Waals surface area contributed by atoms with Crippen LogP contribution in [0.3, 0.4) is 0 Å². The van der Waals surface area contributed by atoms with Crippen LogP contribution in [0.4, 0.5) is 10.5 Å². The maximum Gasteiger partial charge on any atom is 0.338 e. The van der Waals surface area contributed by atoms with E-state index in [1.165, 1.54) is 7.11 Å². The molecule has 0 aromatic heterocycles. The highest BCUT2D eigenvalue weighted by atomic mass is 16.6. The highest BCUT2D eigenvalue weighted by Crippen LogP contribution is 2.23. The van der Waals surface area contributed by atoms with Gasteiger partial charge in [-0.1, -0.05) is 30.4 Å². The van der Waals surface area contributed by atoms with Gasteiger partial charge in [0.15, 0.2) is 0 Å². The number of amides is 2. The van der Waals surface area contributed by atoms with Gasteiger partial charge < -0.3 is 20.1 Å². The Bertz CT molecular complexity index is 873. The lowest BCUT2D eigenvalue weighted by molar-refractivity contribution is 0.0388. The number of urea groups is 1. The molecule has 2 aromatic rings. The molecular formula is C23H28N2O4. The number of hydrogen-bond acceptors (Lipinski definition) is 4. The van der Waals surface area contributed by atoms with Crippen molar-refractivity contribution in [3.05, 3.63) is 71.8 Å². The number of carbonyl (C=O) groups is 2. The minimum absolute atomic E-state index is 0.194. The highest BCUT2D eigenvalue weighted by molar-refractivity contribution is 5.92. The van der Waals surface area contributed by atoms with Gasteiger partial charge in [-0.15, -0.1) is 0 Å². The van der Waals surface area contributed by atoms with Crippen molar-refractivity contribution >= 4 is 23.3 Å². The first-order chi connectivity index (χ1) is 13.7. The number of methoxy groups -OCH3 is 1. The van der Waals surface area contributed by atoms with Crippen molar-refractivity contribution in [2.75, 3.05) is 25.6 Å². The molecule has 2 N–H and O–H groups in total. The predicted molar refractivity (Wildman–Crippen MR) is 115 cm³/mol. The van der Waals surface area contributed by atoms with Crippen LogP contribution in [0.5, 0.6) is 0 Å². The zero-order valence-corrected chi connectivity index (χ0v) is 17.4. The lowest BCUT2D eigenvalue weighted by Gasteiger charge is -2.27. The first-order valence-corrected chi connectivity index (χ1v) is 9.34. The summed E-state index contributed by atoms with van der Waals surface area (Å²) in [5.41, 5.74) is 3.37. The second-order valence-electron chi connectivity index (χ2n) is 7.27. The smallest absolute Gasteiger partial charge is 0.338 e. The number of esters is 1. The maximum absolute atomic E-state index is 12.5. The van der Waals surface area contributed by atoms with Crippen LogP contribution in [-0.4, -0.2) is 32.3 Å². The van der Waals surface area contributed by atoms with Crippen molar-refractivity contribution in [3.63, 3.8) is 0 Å². The normalized spacial score (nSPS) is 10.9. The van der Waals surface area contributed by atoms with Crippen LogP contribution >= 0.6 is 0 Å². The van der Waals surface area contributed by atoms with Gasteiger partial charge in [-0.2, -0.15) is 0 Å². The molecule has 2 amide bonds. The molecule has 6 nitrogen and oxygen atoms in total.